The van der Waals surface area contributed by atoms with Crippen LogP contribution in [0.3, 0.4) is 0 Å². The first-order valence-electron chi connectivity index (χ1n) is 5.51. The van der Waals surface area contributed by atoms with Crippen LogP contribution in [-0.2, 0) is 6.54 Å². The molecular weight excluding hydrogens is 190 g/mol. The minimum atomic E-state index is 0.313. The zero-order valence-corrected chi connectivity index (χ0v) is 9.02. The van der Waals surface area contributed by atoms with E-state index in [9.17, 15) is 0 Å². The molecule has 0 spiro atoms. The summed E-state index contributed by atoms with van der Waals surface area (Å²) in [7, 11) is 0. The first kappa shape index (κ1) is 12.1. The molecule has 4 heteroatoms. The maximum atomic E-state index is 8.59. The number of hydrogen-bond acceptors (Lipinski definition) is 4. The van der Waals surface area contributed by atoms with Gasteiger partial charge in [-0.05, 0) is 31.5 Å². The van der Waals surface area contributed by atoms with Gasteiger partial charge in [0.05, 0.1) is 5.69 Å². The van der Waals surface area contributed by atoms with E-state index in [4.69, 9.17) is 5.11 Å². The summed E-state index contributed by atoms with van der Waals surface area (Å²) in [5, 5.41) is 19.7. The maximum absolute atomic E-state index is 8.59. The van der Waals surface area contributed by atoms with E-state index in [2.05, 4.69) is 15.5 Å². The minimum Gasteiger partial charge on any atom is -0.396 e. The van der Waals surface area contributed by atoms with Crippen LogP contribution in [0.15, 0.2) is 18.3 Å². The summed E-state index contributed by atoms with van der Waals surface area (Å²) in [6.07, 6.45) is 6.04. The first-order chi connectivity index (χ1) is 7.43. The van der Waals surface area contributed by atoms with Crippen LogP contribution in [-0.4, -0.2) is 28.5 Å². The molecule has 0 aliphatic carbocycles. The van der Waals surface area contributed by atoms with E-state index in [1.165, 1.54) is 6.42 Å². The number of aliphatic hydroxyl groups is 1. The van der Waals surface area contributed by atoms with Crippen molar-refractivity contribution < 1.29 is 5.11 Å². The van der Waals surface area contributed by atoms with Crippen molar-refractivity contribution in [2.24, 2.45) is 0 Å². The summed E-state index contributed by atoms with van der Waals surface area (Å²) < 4.78 is 0. The highest BCUT2D eigenvalue weighted by Gasteiger charge is 1.93. The lowest BCUT2D eigenvalue weighted by Crippen LogP contribution is -2.15. The molecule has 2 N–H and O–H groups in total. The normalized spacial score (nSPS) is 10.5. The Bertz CT molecular complexity index is 241. The fraction of sp³-hybridized carbons (Fsp3) is 0.636. The van der Waals surface area contributed by atoms with Gasteiger partial charge in [-0.3, -0.25) is 0 Å². The molecule has 0 atom stereocenters. The Balaban J connectivity index is 1.93. The molecule has 0 aromatic carbocycles. The monoisotopic (exact) mass is 209 g/mol. The lowest BCUT2D eigenvalue weighted by atomic mass is 10.2. The predicted octanol–water partition coefficient (Wildman–Crippen LogP) is 1.12. The number of aromatic nitrogens is 2. The maximum Gasteiger partial charge on any atom is 0.0768 e. The third-order valence-electron chi connectivity index (χ3n) is 2.20. The van der Waals surface area contributed by atoms with Crippen molar-refractivity contribution in [3.8, 4) is 0 Å². The average Bonchev–Trinajstić information content (AvgIpc) is 2.29. The summed E-state index contributed by atoms with van der Waals surface area (Å²) in [5.74, 6) is 0. The highest BCUT2D eigenvalue weighted by atomic mass is 16.2. The Morgan fingerprint density at radius 3 is 2.80 bits per heavy atom. The van der Waals surface area contributed by atoms with Crippen molar-refractivity contribution in [2.45, 2.75) is 32.2 Å². The third kappa shape index (κ3) is 6.14. The standard InChI is InChI=1S/C11H19N3O/c15-9-4-2-1-3-7-12-10-11-6-5-8-13-14-11/h5-6,8,12,15H,1-4,7,9-10H2. The summed E-state index contributed by atoms with van der Waals surface area (Å²) in [6, 6.07) is 3.86. The van der Waals surface area contributed by atoms with Gasteiger partial charge in [-0.25, -0.2) is 0 Å². The summed E-state index contributed by atoms with van der Waals surface area (Å²) >= 11 is 0. The topological polar surface area (TPSA) is 58.0 Å². The molecule has 0 saturated heterocycles. The fourth-order valence-electron chi connectivity index (χ4n) is 1.36. The molecule has 0 aliphatic rings. The average molecular weight is 209 g/mol. The Hall–Kier alpha value is -1.00. The van der Waals surface area contributed by atoms with Crippen LogP contribution in [0, 0.1) is 0 Å². The van der Waals surface area contributed by atoms with E-state index >= 15 is 0 Å². The zero-order valence-electron chi connectivity index (χ0n) is 9.02. The second kappa shape index (κ2) is 8.32. The van der Waals surface area contributed by atoms with Crippen molar-refractivity contribution >= 4 is 0 Å². The van der Waals surface area contributed by atoms with Crippen LogP contribution in [0.4, 0.5) is 0 Å². The number of nitrogens with one attached hydrogen (secondary N) is 1. The van der Waals surface area contributed by atoms with Crippen LogP contribution >= 0.6 is 0 Å². The molecule has 0 bridgehead atoms. The Kier molecular flexibility index (Phi) is 6.70. The molecule has 0 saturated carbocycles. The van der Waals surface area contributed by atoms with Crippen molar-refractivity contribution in [2.75, 3.05) is 13.2 Å². The number of aliphatic hydroxyl groups excluding tert-OH is 1. The number of rotatable bonds is 8. The van der Waals surface area contributed by atoms with E-state index in [1.807, 2.05) is 12.1 Å². The third-order valence-corrected chi connectivity index (χ3v) is 2.20. The SMILES string of the molecule is OCCCCCCNCc1cccnn1. The lowest BCUT2D eigenvalue weighted by molar-refractivity contribution is 0.282. The Morgan fingerprint density at radius 1 is 1.20 bits per heavy atom. The molecule has 4 nitrogen and oxygen atoms in total. The first-order valence-corrected chi connectivity index (χ1v) is 5.51. The highest BCUT2D eigenvalue weighted by molar-refractivity contribution is 4.98. The molecule has 15 heavy (non-hydrogen) atoms. The zero-order chi connectivity index (χ0) is 10.8. The van der Waals surface area contributed by atoms with Gasteiger partial charge >= 0.3 is 0 Å². The predicted molar refractivity (Wildman–Crippen MR) is 59.3 cm³/mol. The second-order valence-electron chi connectivity index (χ2n) is 3.53. The molecule has 84 valence electrons. The molecule has 1 aromatic heterocycles. The van der Waals surface area contributed by atoms with Gasteiger partial charge in [0, 0.05) is 19.3 Å². The molecule has 1 rings (SSSR count). The van der Waals surface area contributed by atoms with Gasteiger partial charge in [-0.1, -0.05) is 12.8 Å². The lowest BCUT2D eigenvalue weighted by Gasteiger charge is -2.03. The molecule has 0 radical (unpaired) electrons. The summed E-state index contributed by atoms with van der Waals surface area (Å²) in [4.78, 5) is 0. The molecule has 1 heterocycles. The van der Waals surface area contributed by atoms with Gasteiger partial charge in [-0.2, -0.15) is 10.2 Å². The molecule has 0 fully saturated rings. The van der Waals surface area contributed by atoms with Gasteiger partial charge in [0.25, 0.3) is 0 Å². The van der Waals surface area contributed by atoms with Crippen molar-refractivity contribution in [1.82, 2.24) is 15.5 Å². The number of unbranched alkanes of at least 4 members (excludes halogenated alkanes) is 3. The number of nitrogens with zero attached hydrogens (tertiary/aromatic N) is 2. The molecular formula is C11H19N3O. The Labute approximate surface area is 90.7 Å². The Morgan fingerprint density at radius 2 is 2.07 bits per heavy atom. The summed E-state index contributed by atoms with van der Waals surface area (Å²) in [6.45, 7) is 2.10. The van der Waals surface area contributed by atoms with E-state index in [-0.39, 0.29) is 0 Å². The number of hydrogen-bond donors (Lipinski definition) is 2. The smallest absolute Gasteiger partial charge is 0.0768 e. The van der Waals surface area contributed by atoms with Crippen LogP contribution < -0.4 is 5.32 Å². The largest absolute Gasteiger partial charge is 0.396 e. The van der Waals surface area contributed by atoms with Crippen molar-refractivity contribution in [3.05, 3.63) is 24.0 Å². The van der Waals surface area contributed by atoms with Gasteiger partial charge in [0.1, 0.15) is 0 Å². The molecule has 1 aromatic rings. The second-order valence-corrected chi connectivity index (χ2v) is 3.53. The van der Waals surface area contributed by atoms with E-state index < -0.39 is 0 Å². The van der Waals surface area contributed by atoms with Crippen LogP contribution in [0.5, 0.6) is 0 Å². The quantitative estimate of drug-likeness (QED) is 0.630. The van der Waals surface area contributed by atoms with Gasteiger partial charge in [0.15, 0.2) is 0 Å². The van der Waals surface area contributed by atoms with Gasteiger partial charge < -0.3 is 10.4 Å². The highest BCUT2D eigenvalue weighted by Crippen LogP contribution is 1.98. The van der Waals surface area contributed by atoms with E-state index in [0.29, 0.717) is 6.61 Å². The summed E-state index contributed by atoms with van der Waals surface area (Å²) in [5.41, 5.74) is 0.979. The van der Waals surface area contributed by atoms with Crippen molar-refractivity contribution in [1.29, 1.82) is 0 Å². The van der Waals surface area contributed by atoms with Gasteiger partial charge in [0.2, 0.25) is 0 Å². The molecule has 0 unspecified atom stereocenters. The van der Waals surface area contributed by atoms with Gasteiger partial charge in [-0.15, -0.1) is 0 Å². The van der Waals surface area contributed by atoms with Crippen LogP contribution in [0.25, 0.3) is 0 Å². The van der Waals surface area contributed by atoms with Crippen LogP contribution in [0.2, 0.25) is 0 Å². The van der Waals surface area contributed by atoms with E-state index in [1.54, 1.807) is 6.20 Å². The van der Waals surface area contributed by atoms with E-state index in [0.717, 1.165) is 38.0 Å². The van der Waals surface area contributed by atoms with Crippen LogP contribution in [0.1, 0.15) is 31.4 Å². The molecule has 0 amide bonds. The van der Waals surface area contributed by atoms with Crippen molar-refractivity contribution in [3.63, 3.8) is 0 Å². The fourth-order valence-corrected chi connectivity index (χ4v) is 1.36. The molecule has 0 aliphatic heterocycles. The minimum absolute atomic E-state index is 0.313.